The summed E-state index contributed by atoms with van der Waals surface area (Å²) in [5, 5.41) is 23.2. The highest BCUT2D eigenvalue weighted by atomic mass is 16.4. The van der Waals surface area contributed by atoms with E-state index in [1.54, 1.807) is 0 Å². The van der Waals surface area contributed by atoms with Crippen LogP contribution in [-0.2, 0) is 9.59 Å². The zero-order chi connectivity index (χ0) is 16.4. The van der Waals surface area contributed by atoms with Gasteiger partial charge < -0.3 is 15.0 Å². The van der Waals surface area contributed by atoms with Gasteiger partial charge in [0.15, 0.2) is 0 Å². The van der Waals surface area contributed by atoms with Gasteiger partial charge >= 0.3 is 5.97 Å². The largest absolute Gasteiger partial charge is 0.478 e. The first-order valence-electron chi connectivity index (χ1n) is 7.00. The number of hydrazone groups is 1. The van der Waals surface area contributed by atoms with E-state index < -0.39 is 18.1 Å². The molecule has 2 aromatic rings. The van der Waals surface area contributed by atoms with Gasteiger partial charge in [0.2, 0.25) is 0 Å². The quantitative estimate of drug-likeness (QED) is 0.375. The molecule has 1 unspecified atom stereocenters. The maximum absolute atomic E-state index is 11.2. The molecule has 0 amide bonds. The molecule has 116 valence electrons. The minimum Gasteiger partial charge on any atom is -0.478 e. The maximum atomic E-state index is 11.2. The van der Waals surface area contributed by atoms with Crippen LogP contribution in [0.25, 0.3) is 11.1 Å². The number of nitrogens with one attached hydrogen (secondary N) is 1. The van der Waals surface area contributed by atoms with Gasteiger partial charge in [0.25, 0.3) is 5.72 Å². The fourth-order valence-electron chi connectivity index (χ4n) is 2.56. The van der Waals surface area contributed by atoms with Gasteiger partial charge in [-0.1, -0.05) is 48.5 Å². The van der Waals surface area contributed by atoms with Crippen LogP contribution in [0.15, 0.2) is 53.6 Å². The molecule has 23 heavy (non-hydrogen) atoms. The Balaban J connectivity index is 2.06. The van der Waals surface area contributed by atoms with Crippen LogP contribution < -0.4 is 5.43 Å². The standard InChI is InChI=1S/C17H14N2O4/c20-10-9-17(23,16(21)22)19-18-15-13-7-3-1-5-11(13)12-6-2-4-8-14(12)15/h1-8,10,19,23H,9H2,(H,21,22). The van der Waals surface area contributed by atoms with Gasteiger partial charge in [-0.05, 0) is 11.1 Å². The minimum absolute atomic E-state index is 0.331. The molecule has 0 saturated heterocycles. The van der Waals surface area contributed by atoms with Gasteiger partial charge in [0.1, 0.15) is 6.29 Å². The molecule has 0 aliphatic heterocycles. The predicted octanol–water partition coefficient (Wildman–Crippen LogP) is 1.37. The second-order valence-electron chi connectivity index (χ2n) is 5.20. The second kappa shape index (κ2) is 5.66. The molecule has 1 aliphatic rings. The van der Waals surface area contributed by atoms with E-state index in [0.29, 0.717) is 12.0 Å². The summed E-state index contributed by atoms with van der Waals surface area (Å²) in [5.74, 6) is -1.56. The van der Waals surface area contributed by atoms with Crippen molar-refractivity contribution in [1.29, 1.82) is 0 Å². The van der Waals surface area contributed by atoms with E-state index in [1.165, 1.54) is 0 Å². The summed E-state index contributed by atoms with van der Waals surface area (Å²) >= 11 is 0. The number of nitrogens with zero attached hydrogens (tertiary/aromatic N) is 1. The maximum Gasteiger partial charge on any atom is 0.359 e. The van der Waals surface area contributed by atoms with Crippen molar-refractivity contribution in [3.8, 4) is 11.1 Å². The molecule has 0 spiro atoms. The lowest BCUT2D eigenvalue weighted by Gasteiger charge is -2.20. The smallest absolute Gasteiger partial charge is 0.359 e. The van der Waals surface area contributed by atoms with Crippen molar-refractivity contribution in [3.05, 3.63) is 59.7 Å². The van der Waals surface area contributed by atoms with Crippen LogP contribution in [-0.4, -0.2) is 33.9 Å². The summed E-state index contributed by atoms with van der Waals surface area (Å²) in [6.07, 6.45) is -0.278. The molecular weight excluding hydrogens is 296 g/mol. The van der Waals surface area contributed by atoms with Gasteiger partial charge in [-0.3, -0.25) is 5.43 Å². The molecule has 0 aromatic heterocycles. The van der Waals surface area contributed by atoms with Crippen LogP contribution in [0.3, 0.4) is 0 Å². The third-order valence-electron chi connectivity index (χ3n) is 3.74. The number of hydrogen-bond donors (Lipinski definition) is 3. The van der Waals surface area contributed by atoms with Gasteiger partial charge in [0.05, 0.1) is 12.1 Å². The molecule has 6 nitrogen and oxygen atoms in total. The SMILES string of the molecule is O=CCC(O)(NN=C1c2ccccc2-c2ccccc21)C(=O)O. The van der Waals surface area contributed by atoms with Crippen molar-refractivity contribution in [1.82, 2.24) is 5.43 Å². The highest BCUT2D eigenvalue weighted by molar-refractivity contribution is 6.24. The van der Waals surface area contributed by atoms with Crippen molar-refractivity contribution in [2.45, 2.75) is 12.1 Å². The van der Waals surface area contributed by atoms with Crippen molar-refractivity contribution in [3.63, 3.8) is 0 Å². The molecule has 0 heterocycles. The number of carbonyl (C=O) groups is 2. The first kappa shape index (κ1) is 14.9. The average molecular weight is 310 g/mol. The first-order valence-corrected chi connectivity index (χ1v) is 7.00. The van der Waals surface area contributed by atoms with Gasteiger partial charge in [-0.25, -0.2) is 4.79 Å². The van der Waals surface area contributed by atoms with E-state index in [4.69, 9.17) is 5.11 Å². The number of fused-ring (bicyclic) bond motifs is 3. The molecule has 0 radical (unpaired) electrons. The average Bonchev–Trinajstić information content (AvgIpc) is 2.87. The topological polar surface area (TPSA) is 99.0 Å². The number of carboxylic acids is 1. The molecule has 6 heteroatoms. The summed E-state index contributed by atoms with van der Waals surface area (Å²) in [7, 11) is 0. The van der Waals surface area contributed by atoms with E-state index in [2.05, 4.69) is 10.5 Å². The summed E-state index contributed by atoms with van der Waals surface area (Å²) in [4.78, 5) is 21.8. The van der Waals surface area contributed by atoms with Crippen LogP contribution in [0.5, 0.6) is 0 Å². The lowest BCUT2D eigenvalue weighted by Crippen LogP contribution is -2.50. The Labute approximate surface area is 132 Å². The number of benzene rings is 2. The van der Waals surface area contributed by atoms with Crippen LogP contribution in [0, 0.1) is 0 Å². The van der Waals surface area contributed by atoms with Crippen LogP contribution in [0.4, 0.5) is 0 Å². The third-order valence-corrected chi connectivity index (χ3v) is 3.74. The summed E-state index contributed by atoms with van der Waals surface area (Å²) in [5.41, 5.74) is 3.97. The second-order valence-corrected chi connectivity index (χ2v) is 5.20. The van der Waals surface area contributed by atoms with E-state index in [-0.39, 0.29) is 0 Å². The molecule has 3 rings (SSSR count). The van der Waals surface area contributed by atoms with Gasteiger partial charge in [-0.15, -0.1) is 0 Å². The third kappa shape index (κ3) is 2.49. The van der Waals surface area contributed by atoms with Crippen molar-refractivity contribution >= 4 is 18.0 Å². The zero-order valence-corrected chi connectivity index (χ0v) is 12.1. The molecule has 0 saturated carbocycles. The molecule has 0 bridgehead atoms. The number of aldehydes is 1. The molecule has 2 aromatic carbocycles. The minimum atomic E-state index is -2.43. The van der Waals surface area contributed by atoms with Crippen molar-refractivity contribution < 1.29 is 19.8 Å². The Morgan fingerprint density at radius 3 is 1.96 bits per heavy atom. The van der Waals surface area contributed by atoms with Crippen molar-refractivity contribution in [2.75, 3.05) is 0 Å². The molecule has 1 atom stereocenters. The Kier molecular flexibility index (Phi) is 3.67. The fourth-order valence-corrected chi connectivity index (χ4v) is 2.56. The lowest BCUT2D eigenvalue weighted by molar-refractivity contribution is -0.164. The number of aliphatic hydroxyl groups is 1. The Hall–Kier alpha value is -2.99. The van der Waals surface area contributed by atoms with E-state index in [0.717, 1.165) is 22.3 Å². The number of aliphatic carboxylic acids is 1. The lowest BCUT2D eigenvalue weighted by atomic mass is 10.1. The highest BCUT2D eigenvalue weighted by Crippen LogP contribution is 2.36. The Morgan fingerprint density at radius 1 is 1.04 bits per heavy atom. The van der Waals surface area contributed by atoms with E-state index in [1.807, 2.05) is 48.5 Å². The fraction of sp³-hybridized carbons (Fsp3) is 0.118. The van der Waals surface area contributed by atoms with Crippen LogP contribution in [0.2, 0.25) is 0 Å². The van der Waals surface area contributed by atoms with Gasteiger partial charge in [-0.2, -0.15) is 5.10 Å². The molecule has 1 aliphatic carbocycles. The number of hydrogen-bond acceptors (Lipinski definition) is 5. The number of carbonyl (C=O) groups excluding carboxylic acids is 1. The zero-order valence-electron chi connectivity index (χ0n) is 12.1. The monoisotopic (exact) mass is 310 g/mol. The highest BCUT2D eigenvalue weighted by Gasteiger charge is 2.36. The summed E-state index contributed by atoms with van der Waals surface area (Å²) < 4.78 is 0. The summed E-state index contributed by atoms with van der Waals surface area (Å²) in [6.45, 7) is 0. The normalized spacial score (nSPS) is 14.4. The van der Waals surface area contributed by atoms with Crippen molar-refractivity contribution in [2.24, 2.45) is 5.10 Å². The van der Waals surface area contributed by atoms with E-state index >= 15 is 0 Å². The molecule has 3 N–H and O–H groups in total. The molecular formula is C17H14N2O4. The Bertz CT molecular complexity index is 768. The predicted molar refractivity (Wildman–Crippen MR) is 83.9 cm³/mol. The number of carboxylic acid groups (broad SMARTS) is 1. The van der Waals surface area contributed by atoms with Crippen LogP contribution in [0.1, 0.15) is 17.5 Å². The molecule has 0 fully saturated rings. The summed E-state index contributed by atoms with van der Waals surface area (Å²) in [6, 6.07) is 15.2. The van der Waals surface area contributed by atoms with Crippen LogP contribution >= 0.6 is 0 Å². The number of rotatable bonds is 5. The van der Waals surface area contributed by atoms with E-state index in [9.17, 15) is 14.7 Å². The first-order chi connectivity index (χ1) is 11.1. The Morgan fingerprint density at radius 2 is 1.52 bits per heavy atom. The van der Waals surface area contributed by atoms with Gasteiger partial charge in [0, 0.05) is 11.1 Å².